The number of esters is 1. The van der Waals surface area contributed by atoms with Crippen LogP contribution >= 0.6 is 0 Å². The number of rotatable bonds is 14. The molecule has 196 valence electrons. The summed E-state index contributed by atoms with van der Waals surface area (Å²) in [5.74, 6) is -2.89. The molecule has 0 spiro atoms. The number of amides is 2. The Morgan fingerprint density at radius 1 is 1.06 bits per heavy atom. The molecule has 0 aliphatic carbocycles. The Morgan fingerprint density at radius 2 is 1.72 bits per heavy atom. The van der Waals surface area contributed by atoms with Crippen molar-refractivity contribution in [2.24, 2.45) is 0 Å². The fraction of sp³-hybridized carbons (Fsp3) is 0.500. The minimum Gasteiger partial charge on any atom is -0.451 e. The van der Waals surface area contributed by atoms with Gasteiger partial charge < -0.3 is 19.3 Å². The Kier molecular flexibility index (Phi) is 11.4. The highest BCUT2D eigenvalue weighted by Gasteiger charge is 2.48. The van der Waals surface area contributed by atoms with Gasteiger partial charge in [0.1, 0.15) is 6.10 Å². The molecule has 2 amide bonds. The minimum atomic E-state index is -1.70. The van der Waals surface area contributed by atoms with Gasteiger partial charge in [-0.2, -0.15) is 0 Å². The van der Waals surface area contributed by atoms with Gasteiger partial charge >= 0.3 is 12.1 Å². The standard InChI is InChI=1S/C26H33NO9/c1-17-22(19-11-7-6-8-12-19)36-26(33)27(17)25(32)24(34-3)23(35-18(2)29)21(31)15-14-20(30)13-9-4-5-10-16-28/h6-8,11-12,14-15,17,22-24,28H,4-5,9-10,13,16H2,1-3H3/t17-,22-,23+,24-/m0/s1. The van der Waals surface area contributed by atoms with Crippen molar-refractivity contribution in [2.75, 3.05) is 13.7 Å². The molecule has 1 aliphatic rings. The SMILES string of the molecule is CO[C@H](C(=O)N1C(=O)O[C@H](c2ccccc2)[C@@H]1C)[C@H](OC(C)=O)C(=O)C=CC(=O)CCCCCCO. The molecule has 36 heavy (non-hydrogen) atoms. The molecule has 0 aromatic heterocycles. The maximum Gasteiger partial charge on any atom is 0.417 e. The molecule has 0 bridgehead atoms. The first kappa shape index (κ1) is 28.9. The number of carbonyl (C=O) groups is 5. The monoisotopic (exact) mass is 503 g/mol. The van der Waals surface area contributed by atoms with E-state index in [0.29, 0.717) is 18.4 Å². The molecule has 1 fully saturated rings. The van der Waals surface area contributed by atoms with Crippen LogP contribution in [0.2, 0.25) is 0 Å². The summed E-state index contributed by atoms with van der Waals surface area (Å²) in [6.07, 6.45) is 0.0607. The number of cyclic esters (lactones) is 1. The molecular formula is C26H33NO9. The lowest BCUT2D eigenvalue weighted by molar-refractivity contribution is -0.166. The van der Waals surface area contributed by atoms with Gasteiger partial charge in [0.25, 0.3) is 5.91 Å². The van der Waals surface area contributed by atoms with Crippen LogP contribution in [0.4, 0.5) is 4.79 Å². The molecule has 1 aromatic rings. The number of hydrogen-bond acceptors (Lipinski definition) is 9. The highest BCUT2D eigenvalue weighted by Crippen LogP contribution is 2.33. The van der Waals surface area contributed by atoms with E-state index in [1.807, 2.05) is 0 Å². The molecule has 1 heterocycles. The van der Waals surface area contributed by atoms with E-state index in [1.54, 1.807) is 37.3 Å². The zero-order chi connectivity index (χ0) is 26.7. The van der Waals surface area contributed by atoms with Gasteiger partial charge in [0, 0.05) is 27.1 Å². The van der Waals surface area contributed by atoms with E-state index < -0.39 is 48.1 Å². The topological polar surface area (TPSA) is 137 Å². The van der Waals surface area contributed by atoms with E-state index in [1.165, 1.54) is 0 Å². The van der Waals surface area contributed by atoms with Gasteiger partial charge in [-0.1, -0.05) is 43.2 Å². The number of allylic oxidation sites excluding steroid dienone is 1. The molecule has 0 saturated carbocycles. The van der Waals surface area contributed by atoms with E-state index in [4.69, 9.17) is 19.3 Å². The van der Waals surface area contributed by atoms with Crippen LogP contribution in [-0.4, -0.2) is 71.5 Å². The summed E-state index contributed by atoms with van der Waals surface area (Å²) in [5.41, 5.74) is 0.688. The highest BCUT2D eigenvalue weighted by atomic mass is 16.6. The molecule has 10 nitrogen and oxygen atoms in total. The molecule has 4 atom stereocenters. The van der Waals surface area contributed by atoms with Gasteiger partial charge in [0.2, 0.25) is 0 Å². The predicted octanol–water partition coefficient (Wildman–Crippen LogP) is 2.68. The summed E-state index contributed by atoms with van der Waals surface area (Å²) in [5, 5.41) is 8.79. The highest BCUT2D eigenvalue weighted by molar-refractivity contribution is 6.05. The summed E-state index contributed by atoms with van der Waals surface area (Å²) >= 11 is 0. The summed E-state index contributed by atoms with van der Waals surface area (Å²) in [7, 11) is 1.15. The number of unbranched alkanes of at least 4 members (excludes halogenated alkanes) is 3. The van der Waals surface area contributed by atoms with Crippen molar-refractivity contribution >= 4 is 29.5 Å². The summed E-state index contributed by atoms with van der Waals surface area (Å²) in [4.78, 5) is 63.4. The fourth-order valence-electron chi connectivity index (χ4n) is 3.90. The van der Waals surface area contributed by atoms with Crippen LogP contribution < -0.4 is 0 Å². The maximum atomic E-state index is 13.3. The predicted molar refractivity (Wildman–Crippen MR) is 128 cm³/mol. The lowest BCUT2D eigenvalue weighted by Crippen LogP contribution is -2.52. The molecule has 1 aliphatic heterocycles. The Labute approximate surface area is 210 Å². The van der Waals surface area contributed by atoms with Crippen LogP contribution in [0.15, 0.2) is 42.5 Å². The average molecular weight is 504 g/mol. The molecule has 1 N–H and O–H groups in total. The zero-order valence-corrected chi connectivity index (χ0v) is 20.8. The number of benzene rings is 1. The minimum absolute atomic E-state index is 0.0973. The van der Waals surface area contributed by atoms with Crippen LogP contribution in [-0.2, 0) is 33.4 Å². The first-order valence-corrected chi connectivity index (χ1v) is 11.9. The summed E-state index contributed by atoms with van der Waals surface area (Å²) in [6, 6.07) is 8.15. The number of methoxy groups -OCH3 is 1. The molecule has 1 aromatic carbocycles. The average Bonchev–Trinajstić information content (AvgIpc) is 3.16. The van der Waals surface area contributed by atoms with Gasteiger partial charge in [-0.15, -0.1) is 0 Å². The van der Waals surface area contributed by atoms with Crippen LogP contribution in [0.25, 0.3) is 0 Å². The second-order valence-corrected chi connectivity index (χ2v) is 8.44. The smallest absolute Gasteiger partial charge is 0.417 e. The van der Waals surface area contributed by atoms with Crippen molar-refractivity contribution < 1.29 is 43.3 Å². The lowest BCUT2D eigenvalue weighted by Gasteiger charge is -2.27. The number of carbonyl (C=O) groups excluding carboxylic acids is 5. The Hall–Kier alpha value is -3.37. The number of aliphatic hydroxyl groups excluding tert-OH is 1. The van der Waals surface area contributed by atoms with Crippen molar-refractivity contribution in [1.29, 1.82) is 0 Å². The third-order valence-electron chi connectivity index (χ3n) is 5.75. The number of aliphatic hydroxyl groups is 1. The number of ether oxygens (including phenoxy) is 3. The van der Waals surface area contributed by atoms with Crippen molar-refractivity contribution in [2.45, 2.75) is 70.3 Å². The van der Waals surface area contributed by atoms with E-state index >= 15 is 0 Å². The number of ketones is 2. The second kappa shape index (κ2) is 14.3. The van der Waals surface area contributed by atoms with E-state index in [9.17, 15) is 24.0 Å². The van der Waals surface area contributed by atoms with Crippen molar-refractivity contribution in [3.05, 3.63) is 48.0 Å². The maximum absolute atomic E-state index is 13.3. The Bertz CT molecular complexity index is 959. The van der Waals surface area contributed by atoms with Crippen molar-refractivity contribution in [3.8, 4) is 0 Å². The molecule has 1 saturated heterocycles. The van der Waals surface area contributed by atoms with Gasteiger partial charge in [-0.05, 0) is 37.5 Å². The van der Waals surface area contributed by atoms with Crippen LogP contribution in [0.1, 0.15) is 57.6 Å². The summed E-state index contributed by atoms with van der Waals surface area (Å²) in [6.45, 7) is 2.78. The Balaban J connectivity index is 2.14. The largest absolute Gasteiger partial charge is 0.451 e. The zero-order valence-electron chi connectivity index (χ0n) is 20.8. The van der Waals surface area contributed by atoms with Gasteiger partial charge in [-0.3, -0.25) is 19.2 Å². The van der Waals surface area contributed by atoms with E-state index in [-0.39, 0.29) is 18.8 Å². The lowest BCUT2D eigenvalue weighted by atomic mass is 10.0. The van der Waals surface area contributed by atoms with Crippen LogP contribution in [0, 0.1) is 0 Å². The quantitative estimate of drug-likeness (QED) is 0.231. The fourth-order valence-corrected chi connectivity index (χ4v) is 3.90. The second-order valence-electron chi connectivity index (χ2n) is 8.44. The molecule has 0 radical (unpaired) electrons. The third-order valence-corrected chi connectivity index (χ3v) is 5.75. The molecule has 2 rings (SSSR count). The Morgan fingerprint density at radius 3 is 2.33 bits per heavy atom. The number of hydrogen-bond donors (Lipinski definition) is 1. The van der Waals surface area contributed by atoms with Gasteiger partial charge in [0.05, 0.1) is 6.04 Å². The normalized spacial score (nSPS) is 19.1. The van der Waals surface area contributed by atoms with E-state index in [2.05, 4.69) is 0 Å². The molecular weight excluding hydrogens is 470 g/mol. The first-order valence-electron chi connectivity index (χ1n) is 11.9. The molecule has 10 heteroatoms. The first-order chi connectivity index (χ1) is 17.2. The van der Waals surface area contributed by atoms with Crippen LogP contribution in [0.3, 0.4) is 0 Å². The van der Waals surface area contributed by atoms with Gasteiger partial charge in [-0.25, -0.2) is 9.69 Å². The number of nitrogens with zero attached hydrogens (tertiary/aromatic N) is 1. The van der Waals surface area contributed by atoms with Crippen molar-refractivity contribution in [3.63, 3.8) is 0 Å². The van der Waals surface area contributed by atoms with Crippen LogP contribution in [0.5, 0.6) is 0 Å². The third kappa shape index (κ3) is 7.82. The van der Waals surface area contributed by atoms with E-state index in [0.717, 1.165) is 43.9 Å². The molecule has 0 unspecified atom stereocenters. The summed E-state index contributed by atoms with van der Waals surface area (Å²) < 4.78 is 15.7. The number of imide groups is 1. The van der Waals surface area contributed by atoms with Gasteiger partial charge in [0.15, 0.2) is 23.8 Å². The van der Waals surface area contributed by atoms with Crippen molar-refractivity contribution in [1.82, 2.24) is 4.90 Å².